The predicted octanol–water partition coefficient (Wildman–Crippen LogP) is 2.08. The van der Waals surface area contributed by atoms with Gasteiger partial charge in [-0.2, -0.15) is 9.41 Å². The maximum atomic E-state index is 13.1. The Hall–Kier alpha value is -3.22. The predicted molar refractivity (Wildman–Crippen MR) is 113 cm³/mol. The highest BCUT2D eigenvalue weighted by atomic mass is 32.2. The maximum absolute atomic E-state index is 13.1. The SMILES string of the molecule is COc1cc(/C=N/Nc2ccc([N+](=O)[O-])cc2S(=O)(=O)N2CCOCC2)cc(OC)c1. The lowest BCUT2D eigenvalue weighted by atomic mass is 10.2. The molecule has 11 nitrogen and oxygen atoms in total. The van der Waals surface area contributed by atoms with E-state index in [1.54, 1.807) is 18.2 Å². The molecule has 0 unspecified atom stereocenters. The molecule has 0 amide bonds. The van der Waals surface area contributed by atoms with Crippen LogP contribution in [0.15, 0.2) is 46.4 Å². The lowest BCUT2D eigenvalue weighted by Gasteiger charge is -2.26. The van der Waals surface area contributed by atoms with E-state index in [1.165, 1.54) is 36.9 Å². The van der Waals surface area contributed by atoms with Gasteiger partial charge < -0.3 is 14.2 Å². The molecule has 0 aromatic heterocycles. The number of benzene rings is 2. The number of nitrogens with zero attached hydrogens (tertiary/aromatic N) is 3. The Bertz CT molecular complexity index is 1060. The van der Waals surface area contributed by atoms with Crippen LogP contribution >= 0.6 is 0 Å². The number of ether oxygens (including phenoxy) is 3. The molecule has 1 N–H and O–H groups in total. The summed E-state index contributed by atoms with van der Waals surface area (Å²) in [6.45, 7) is 0.841. The summed E-state index contributed by atoms with van der Waals surface area (Å²) in [5.41, 5.74) is 3.10. The van der Waals surface area contributed by atoms with Crippen molar-refractivity contribution in [1.29, 1.82) is 0 Å². The van der Waals surface area contributed by atoms with Gasteiger partial charge in [0.15, 0.2) is 0 Å². The highest BCUT2D eigenvalue weighted by Crippen LogP contribution is 2.29. The first-order chi connectivity index (χ1) is 14.8. The van der Waals surface area contributed by atoms with Gasteiger partial charge in [-0.05, 0) is 18.2 Å². The Morgan fingerprint density at radius 2 is 1.77 bits per heavy atom. The number of non-ortho nitro benzene ring substituents is 1. The molecule has 1 fully saturated rings. The molecule has 31 heavy (non-hydrogen) atoms. The van der Waals surface area contributed by atoms with E-state index in [0.29, 0.717) is 17.1 Å². The third-order valence-electron chi connectivity index (χ3n) is 4.54. The maximum Gasteiger partial charge on any atom is 0.270 e. The Labute approximate surface area is 179 Å². The highest BCUT2D eigenvalue weighted by molar-refractivity contribution is 7.89. The summed E-state index contributed by atoms with van der Waals surface area (Å²) in [7, 11) is -0.950. The quantitative estimate of drug-likeness (QED) is 0.367. The van der Waals surface area contributed by atoms with Crippen molar-refractivity contribution in [3.63, 3.8) is 0 Å². The van der Waals surface area contributed by atoms with Crippen molar-refractivity contribution in [2.24, 2.45) is 5.10 Å². The number of rotatable bonds is 8. The van der Waals surface area contributed by atoms with Gasteiger partial charge in [0.25, 0.3) is 5.69 Å². The molecule has 0 bridgehead atoms. The van der Waals surface area contributed by atoms with Crippen LogP contribution in [0, 0.1) is 10.1 Å². The molecular formula is C19H22N4O7S. The van der Waals surface area contributed by atoms with Gasteiger partial charge in [0.1, 0.15) is 16.4 Å². The zero-order valence-electron chi connectivity index (χ0n) is 17.0. The third-order valence-corrected chi connectivity index (χ3v) is 6.47. The third kappa shape index (κ3) is 5.29. The van der Waals surface area contributed by atoms with Crippen molar-refractivity contribution < 1.29 is 27.6 Å². The minimum absolute atomic E-state index is 0.114. The summed E-state index contributed by atoms with van der Waals surface area (Å²) >= 11 is 0. The number of sulfonamides is 1. The highest BCUT2D eigenvalue weighted by Gasteiger charge is 2.30. The molecule has 0 atom stereocenters. The first-order valence-corrected chi connectivity index (χ1v) is 10.7. The number of hydrogen-bond acceptors (Lipinski definition) is 9. The molecular weight excluding hydrogens is 428 g/mol. The first kappa shape index (κ1) is 22.5. The molecule has 2 aromatic carbocycles. The lowest BCUT2D eigenvalue weighted by molar-refractivity contribution is -0.385. The van der Waals surface area contributed by atoms with Gasteiger partial charge in [0.2, 0.25) is 10.0 Å². The van der Waals surface area contributed by atoms with E-state index in [-0.39, 0.29) is 42.6 Å². The molecule has 3 rings (SSSR count). The molecule has 1 aliphatic rings. The van der Waals surface area contributed by atoms with Crippen LogP contribution in [0.2, 0.25) is 0 Å². The Kier molecular flexibility index (Phi) is 7.05. The lowest BCUT2D eigenvalue weighted by Crippen LogP contribution is -2.40. The fourth-order valence-electron chi connectivity index (χ4n) is 2.94. The molecule has 1 saturated heterocycles. The van der Waals surface area contributed by atoms with Crippen LogP contribution in [-0.2, 0) is 14.8 Å². The van der Waals surface area contributed by atoms with Gasteiger partial charge >= 0.3 is 0 Å². The minimum Gasteiger partial charge on any atom is -0.497 e. The van der Waals surface area contributed by atoms with Crippen LogP contribution in [0.25, 0.3) is 0 Å². The van der Waals surface area contributed by atoms with Gasteiger partial charge in [0, 0.05) is 36.9 Å². The topological polar surface area (TPSA) is 133 Å². The van der Waals surface area contributed by atoms with Gasteiger partial charge in [-0.3, -0.25) is 15.5 Å². The number of hydrogen-bond donors (Lipinski definition) is 1. The standard InChI is InChI=1S/C19H22N4O7S/c1-28-16-9-14(10-17(12-16)29-2)13-20-21-18-4-3-15(23(24)25)11-19(18)31(26,27)22-5-7-30-8-6-22/h3-4,9-13,21H,5-8H2,1-2H3/b20-13+. The van der Waals surface area contributed by atoms with E-state index < -0.39 is 14.9 Å². The summed E-state index contributed by atoms with van der Waals surface area (Å²) in [5.74, 6) is 1.12. The largest absolute Gasteiger partial charge is 0.497 e. The summed E-state index contributed by atoms with van der Waals surface area (Å²) in [6.07, 6.45) is 1.46. The first-order valence-electron chi connectivity index (χ1n) is 9.23. The van der Waals surface area contributed by atoms with Crippen LogP contribution < -0.4 is 14.9 Å². The van der Waals surface area contributed by atoms with Crippen LogP contribution in [-0.4, -0.2) is 64.4 Å². The van der Waals surface area contributed by atoms with Gasteiger partial charge in [-0.15, -0.1) is 0 Å². The van der Waals surface area contributed by atoms with E-state index in [4.69, 9.17) is 14.2 Å². The normalized spacial score (nSPS) is 15.0. The second kappa shape index (κ2) is 9.73. The van der Waals surface area contributed by atoms with Crippen LogP contribution in [0.4, 0.5) is 11.4 Å². The van der Waals surface area contributed by atoms with E-state index in [9.17, 15) is 18.5 Å². The fourth-order valence-corrected chi connectivity index (χ4v) is 4.51. The van der Waals surface area contributed by atoms with E-state index in [1.807, 2.05) is 0 Å². The van der Waals surface area contributed by atoms with Crippen LogP contribution in [0.3, 0.4) is 0 Å². The Morgan fingerprint density at radius 3 is 2.35 bits per heavy atom. The number of hydrazone groups is 1. The number of methoxy groups -OCH3 is 2. The molecule has 12 heteroatoms. The van der Waals surface area contributed by atoms with Gasteiger partial charge in [-0.25, -0.2) is 8.42 Å². The fraction of sp³-hybridized carbons (Fsp3) is 0.316. The summed E-state index contributed by atoms with van der Waals surface area (Å²) in [6, 6.07) is 8.69. The van der Waals surface area contributed by atoms with Crippen molar-refractivity contribution in [1.82, 2.24) is 4.31 Å². The number of morpholine rings is 1. The second-order valence-electron chi connectivity index (χ2n) is 6.47. The average Bonchev–Trinajstić information content (AvgIpc) is 2.79. The Morgan fingerprint density at radius 1 is 1.13 bits per heavy atom. The smallest absolute Gasteiger partial charge is 0.270 e. The van der Waals surface area contributed by atoms with E-state index in [2.05, 4.69) is 10.5 Å². The number of anilines is 1. The van der Waals surface area contributed by atoms with Crippen molar-refractivity contribution in [3.05, 3.63) is 52.1 Å². The number of nitrogens with one attached hydrogen (secondary N) is 1. The van der Waals surface area contributed by atoms with E-state index in [0.717, 1.165) is 6.07 Å². The van der Waals surface area contributed by atoms with Gasteiger partial charge in [0.05, 0.1) is 44.3 Å². The van der Waals surface area contributed by atoms with Crippen molar-refractivity contribution in [3.8, 4) is 11.5 Å². The molecule has 0 radical (unpaired) electrons. The molecule has 0 saturated carbocycles. The van der Waals surface area contributed by atoms with Crippen molar-refractivity contribution in [2.75, 3.05) is 45.9 Å². The molecule has 0 aliphatic carbocycles. The monoisotopic (exact) mass is 450 g/mol. The molecule has 1 heterocycles. The zero-order valence-corrected chi connectivity index (χ0v) is 17.8. The average molecular weight is 450 g/mol. The number of nitro groups is 1. The summed E-state index contributed by atoms with van der Waals surface area (Å²) in [5, 5.41) is 15.3. The minimum atomic E-state index is -3.99. The molecule has 0 spiro atoms. The van der Waals surface area contributed by atoms with Crippen molar-refractivity contribution >= 4 is 27.6 Å². The summed E-state index contributed by atoms with van der Waals surface area (Å²) in [4.78, 5) is 10.3. The molecule has 166 valence electrons. The van der Waals surface area contributed by atoms with Crippen LogP contribution in [0.5, 0.6) is 11.5 Å². The van der Waals surface area contributed by atoms with Gasteiger partial charge in [-0.1, -0.05) is 0 Å². The van der Waals surface area contributed by atoms with Crippen molar-refractivity contribution in [2.45, 2.75) is 4.90 Å². The Balaban J connectivity index is 1.92. The molecule has 2 aromatic rings. The van der Waals surface area contributed by atoms with E-state index >= 15 is 0 Å². The second-order valence-corrected chi connectivity index (χ2v) is 8.38. The van der Waals surface area contributed by atoms with Crippen LogP contribution in [0.1, 0.15) is 5.56 Å². The molecule has 1 aliphatic heterocycles. The summed E-state index contributed by atoms with van der Waals surface area (Å²) < 4.78 is 43.1. The number of nitro benzene ring substituents is 1. The zero-order chi connectivity index (χ0) is 22.4.